The number of anilines is 2. The Balaban J connectivity index is 2.15. The van der Waals surface area contributed by atoms with Gasteiger partial charge < -0.3 is 14.6 Å². The van der Waals surface area contributed by atoms with Gasteiger partial charge in [-0.3, -0.25) is 0 Å². The average Bonchev–Trinajstić information content (AvgIpc) is 3.08. The molecule has 9 heteroatoms. The number of rotatable bonds is 6. The highest BCUT2D eigenvalue weighted by Crippen LogP contribution is 2.34. The summed E-state index contributed by atoms with van der Waals surface area (Å²) in [4.78, 5) is 16.5. The summed E-state index contributed by atoms with van der Waals surface area (Å²) in [6, 6.07) is 6.61. The third-order valence-electron chi connectivity index (χ3n) is 3.95. The van der Waals surface area contributed by atoms with Gasteiger partial charge in [0.1, 0.15) is 11.8 Å². The lowest BCUT2D eigenvalue weighted by atomic mass is 10.1. The first-order valence-corrected chi connectivity index (χ1v) is 9.88. The van der Waals surface area contributed by atoms with Crippen LogP contribution in [0.5, 0.6) is 0 Å². The zero-order chi connectivity index (χ0) is 20.3. The fraction of sp³-hybridized carbons (Fsp3) is 0.158. The lowest BCUT2D eigenvalue weighted by molar-refractivity contribution is 0.0601. The van der Waals surface area contributed by atoms with Crippen molar-refractivity contribution >= 4 is 73.7 Å². The number of aromatic nitrogens is 2. The number of imidazole rings is 1. The summed E-state index contributed by atoms with van der Waals surface area (Å²) in [5, 5.41) is 3.25. The fourth-order valence-corrected chi connectivity index (χ4v) is 3.46. The first kappa shape index (κ1) is 20.6. The number of alkyl halides is 1. The molecule has 3 aromatic rings. The summed E-state index contributed by atoms with van der Waals surface area (Å²) in [5.74, 6) is -0.900. The lowest BCUT2D eigenvalue weighted by Crippen LogP contribution is -2.08. The van der Waals surface area contributed by atoms with Crippen molar-refractivity contribution in [3.63, 3.8) is 0 Å². The van der Waals surface area contributed by atoms with Crippen LogP contribution in [0, 0.1) is 5.82 Å². The second kappa shape index (κ2) is 8.94. The summed E-state index contributed by atoms with van der Waals surface area (Å²) in [6.45, 7) is 0. The minimum absolute atomic E-state index is 0.0268. The van der Waals surface area contributed by atoms with Gasteiger partial charge in [0.25, 0.3) is 0 Å². The number of nitrogens with zero attached hydrogens (tertiary/aromatic N) is 2. The third-order valence-corrected chi connectivity index (χ3v) is 4.97. The Hall–Kier alpha value is -2.09. The fourth-order valence-electron chi connectivity index (χ4n) is 2.62. The predicted molar refractivity (Wildman–Crippen MR) is 114 cm³/mol. The van der Waals surface area contributed by atoms with Crippen LogP contribution in [0.15, 0.2) is 41.1 Å². The number of carbonyl (C=O) groups excluding carboxylic acids is 1. The number of ether oxygens (including phenoxy) is 1. The molecule has 1 heterocycles. The van der Waals surface area contributed by atoms with Crippen LogP contribution in [0.2, 0.25) is 5.02 Å². The number of benzene rings is 2. The maximum absolute atomic E-state index is 15.3. The predicted octanol–water partition coefficient (Wildman–Crippen LogP) is 6.22. The summed E-state index contributed by atoms with van der Waals surface area (Å²) in [7, 11) is 1.23. The third kappa shape index (κ3) is 4.16. The van der Waals surface area contributed by atoms with Gasteiger partial charge in [-0.15, -0.1) is 11.6 Å². The van der Waals surface area contributed by atoms with E-state index in [1.54, 1.807) is 29.0 Å². The second-order valence-corrected chi connectivity index (χ2v) is 7.44. The summed E-state index contributed by atoms with van der Waals surface area (Å²) >= 11 is 15.2. The molecular weight excluding hydrogens is 472 g/mol. The molecule has 146 valence electrons. The summed E-state index contributed by atoms with van der Waals surface area (Å²) < 4.78 is 22.5. The van der Waals surface area contributed by atoms with E-state index in [9.17, 15) is 4.79 Å². The molecule has 0 atom stereocenters. The van der Waals surface area contributed by atoms with Gasteiger partial charge in [-0.05, 0) is 30.7 Å². The molecule has 0 spiro atoms. The Morgan fingerprint density at radius 1 is 1.43 bits per heavy atom. The Bertz CT molecular complexity index is 1070. The van der Waals surface area contributed by atoms with Gasteiger partial charge in [-0.25, -0.2) is 14.2 Å². The number of esters is 1. The molecule has 2 aromatic carbocycles. The molecule has 0 fully saturated rings. The van der Waals surface area contributed by atoms with E-state index in [4.69, 9.17) is 27.9 Å². The van der Waals surface area contributed by atoms with Gasteiger partial charge in [0.2, 0.25) is 0 Å². The van der Waals surface area contributed by atoms with Crippen LogP contribution in [0.3, 0.4) is 0 Å². The van der Waals surface area contributed by atoms with Crippen LogP contribution >= 0.6 is 39.1 Å². The quantitative estimate of drug-likeness (QED) is 0.332. The van der Waals surface area contributed by atoms with E-state index in [0.717, 1.165) is 4.47 Å². The molecule has 0 unspecified atom stereocenters. The molecule has 3 rings (SSSR count). The molecule has 0 saturated carbocycles. The maximum atomic E-state index is 15.3. The van der Waals surface area contributed by atoms with Crippen molar-refractivity contribution in [3.05, 3.63) is 57.5 Å². The molecule has 0 bridgehead atoms. The number of carbonyl (C=O) groups is 1. The molecule has 1 N–H and O–H groups in total. The van der Waals surface area contributed by atoms with Crippen molar-refractivity contribution in [1.29, 1.82) is 0 Å². The number of fused-ring (bicyclic) bond motifs is 1. The number of hydrogen-bond donors (Lipinski definition) is 1. The standard InChI is InChI=1S/C19H15BrCl2FN3O2/c1-28-19(27)12-9-15-18(24-10-26(15)7-3-2-6-21)16(23)17(12)25-14-5-4-11(20)8-13(14)22/h3-5,7-10,25H,2,6H2,1H3. The molecule has 0 aliphatic heterocycles. The SMILES string of the molecule is COC(=O)c1cc2c(ncn2C=CCCCl)c(F)c1Nc1ccc(Br)cc1Cl. The van der Waals surface area contributed by atoms with E-state index >= 15 is 4.39 Å². The number of allylic oxidation sites excluding steroid dienone is 1. The van der Waals surface area contributed by atoms with E-state index in [0.29, 0.717) is 28.5 Å². The van der Waals surface area contributed by atoms with Crippen molar-refractivity contribution in [1.82, 2.24) is 9.55 Å². The monoisotopic (exact) mass is 485 g/mol. The van der Waals surface area contributed by atoms with Crippen molar-refractivity contribution in [3.8, 4) is 0 Å². The molecule has 0 amide bonds. The highest BCUT2D eigenvalue weighted by Gasteiger charge is 2.22. The Morgan fingerprint density at radius 3 is 2.89 bits per heavy atom. The first-order valence-electron chi connectivity index (χ1n) is 8.18. The highest BCUT2D eigenvalue weighted by molar-refractivity contribution is 9.10. The normalized spacial score (nSPS) is 11.3. The Labute approximate surface area is 179 Å². The van der Waals surface area contributed by atoms with Crippen LogP contribution in [0.1, 0.15) is 16.8 Å². The minimum atomic E-state index is -0.686. The van der Waals surface area contributed by atoms with E-state index in [2.05, 4.69) is 26.2 Å². The number of methoxy groups -OCH3 is 1. The zero-order valence-corrected chi connectivity index (χ0v) is 17.8. The average molecular weight is 487 g/mol. The summed E-state index contributed by atoms with van der Waals surface area (Å²) in [5.41, 5.74) is 0.947. The maximum Gasteiger partial charge on any atom is 0.340 e. The number of nitrogens with one attached hydrogen (secondary N) is 1. The van der Waals surface area contributed by atoms with E-state index in [1.807, 2.05) is 6.08 Å². The molecule has 0 aliphatic carbocycles. The van der Waals surface area contributed by atoms with Crippen molar-refractivity contribution < 1.29 is 13.9 Å². The van der Waals surface area contributed by atoms with Gasteiger partial charge in [0.05, 0.1) is 34.6 Å². The van der Waals surface area contributed by atoms with Crippen LogP contribution in [0.4, 0.5) is 15.8 Å². The minimum Gasteiger partial charge on any atom is -0.465 e. The van der Waals surface area contributed by atoms with Gasteiger partial charge in [-0.1, -0.05) is 33.6 Å². The molecule has 0 saturated heterocycles. The van der Waals surface area contributed by atoms with E-state index < -0.39 is 11.8 Å². The first-order chi connectivity index (χ1) is 13.5. The summed E-state index contributed by atoms with van der Waals surface area (Å²) in [6.07, 6.45) is 5.67. The van der Waals surface area contributed by atoms with E-state index in [1.165, 1.54) is 19.5 Å². The molecule has 0 aliphatic rings. The van der Waals surface area contributed by atoms with Crippen molar-refractivity contribution in [2.24, 2.45) is 0 Å². The Morgan fingerprint density at radius 2 is 2.21 bits per heavy atom. The molecule has 5 nitrogen and oxygen atoms in total. The smallest absolute Gasteiger partial charge is 0.340 e. The van der Waals surface area contributed by atoms with Crippen LogP contribution in [0.25, 0.3) is 17.2 Å². The van der Waals surface area contributed by atoms with Gasteiger partial charge in [-0.2, -0.15) is 0 Å². The van der Waals surface area contributed by atoms with Gasteiger partial charge in [0, 0.05) is 16.6 Å². The molecule has 1 aromatic heterocycles. The molecule has 0 radical (unpaired) electrons. The number of hydrogen-bond acceptors (Lipinski definition) is 4. The van der Waals surface area contributed by atoms with Crippen LogP contribution in [-0.4, -0.2) is 28.5 Å². The second-order valence-electron chi connectivity index (χ2n) is 5.74. The Kier molecular flexibility index (Phi) is 6.59. The lowest BCUT2D eigenvalue weighted by Gasteiger charge is -2.14. The van der Waals surface area contributed by atoms with Crippen molar-refractivity contribution in [2.45, 2.75) is 6.42 Å². The highest BCUT2D eigenvalue weighted by atomic mass is 79.9. The van der Waals surface area contributed by atoms with E-state index in [-0.39, 0.29) is 16.8 Å². The van der Waals surface area contributed by atoms with Crippen molar-refractivity contribution in [2.75, 3.05) is 18.3 Å². The molecular formula is C19H15BrCl2FN3O2. The molecule has 28 heavy (non-hydrogen) atoms. The topological polar surface area (TPSA) is 56.1 Å². The van der Waals surface area contributed by atoms with Gasteiger partial charge >= 0.3 is 5.97 Å². The largest absolute Gasteiger partial charge is 0.465 e. The van der Waals surface area contributed by atoms with Gasteiger partial charge in [0.15, 0.2) is 5.82 Å². The zero-order valence-electron chi connectivity index (χ0n) is 14.7. The van der Waals surface area contributed by atoms with Crippen LogP contribution in [-0.2, 0) is 4.74 Å². The van der Waals surface area contributed by atoms with Crippen LogP contribution < -0.4 is 5.32 Å². The number of halogens is 4.